The van der Waals surface area contributed by atoms with Crippen molar-refractivity contribution < 1.29 is 14.3 Å². The Bertz CT molecular complexity index is 1040. The van der Waals surface area contributed by atoms with Crippen LogP contribution in [-0.4, -0.2) is 22.9 Å². The van der Waals surface area contributed by atoms with Crippen LogP contribution in [-0.2, 0) is 22.7 Å². The maximum atomic E-state index is 13.2. The molecule has 0 unspecified atom stereocenters. The van der Waals surface area contributed by atoms with E-state index in [2.05, 4.69) is 17.4 Å². The standard InChI is InChI=1S/C28H30N2O3/c1-2-24(29-28(32)33-20-22-14-8-4-9-15-22)18-25-26(23-16-10-5-11-17-23)30(27(25)31)19-21-12-6-3-7-13-21/h3-17,24-26H,2,18-20H2,1H3,(H,29,32)/t24-,25+,26-/m0/s1. The van der Waals surface area contributed by atoms with E-state index in [1.807, 2.05) is 90.7 Å². The zero-order chi connectivity index (χ0) is 23.0. The molecule has 1 aliphatic heterocycles. The Hall–Kier alpha value is -3.60. The summed E-state index contributed by atoms with van der Waals surface area (Å²) in [6, 6.07) is 29.7. The third-order valence-electron chi connectivity index (χ3n) is 6.22. The molecule has 2 amide bonds. The van der Waals surface area contributed by atoms with E-state index in [0.29, 0.717) is 13.0 Å². The van der Waals surface area contributed by atoms with Crippen LogP contribution in [0.15, 0.2) is 91.0 Å². The second kappa shape index (κ2) is 10.8. The summed E-state index contributed by atoms with van der Waals surface area (Å²) in [4.78, 5) is 27.5. The first-order valence-corrected chi connectivity index (χ1v) is 11.5. The van der Waals surface area contributed by atoms with E-state index in [-0.39, 0.29) is 30.5 Å². The number of nitrogens with zero attached hydrogens (tertiary/aromatic N) is 1. The lowest BCUT2D eigenvalue weighted by Gasteiger charge is -2.48. The van der Waals surface area contributed by atoms with E-state index in [4.69, 9.17) is 4.74 Å². The van der Waals surface area contributed by atoms with Crippen LogP contribution < -0.4 is 5.32 Å². The van der Waals surface area contributed by atoms with Gasteiger partial charge in [-0.25, -0.2) is 4.79 Å². The van der Waals surface area contributed by atoms with Gasteiger partial charge in [-0.05, 0) is 29.5 Å². The number of likely N-dealkylation sites (tertiary alicyclic amines) is 1. The molecular weight excluding hydrogens is 412 g/mol. The van der Waals surface area contributed by atoms with E-state index in [1.165, 1.54) is 0 Å². The van der Waals surface area contributed by atoms with Gasteiger partial charge < -0.3 is 15.0 Å². The number of β-lactam (4-membered cyclic amide) rings is 1. The zero-order valence-electron chi connectivity index (χ0n) is 18.9. The molecule has 3 aromatic rings. The van der Waals surface area contributed by atoms with E-state index in [9.17, 15) is 9.59 Å². The monoisotopic (exact) mass is 442 g/mol. The van der Waals surface area contributed by atoms with E-state index >= 15 is 0 Å². The van der Waals surface area contributed by atoms with E-state index in [1.54, 1.807) is 0 Å². The number of carbonyl (C=O) groups is 2. The summed E-state index contributed by atoms with van der Waals surface area (Å²) >= 11 is 0. The van der Waals surface area contributed by atoms with Crippen molar-refractivity contribution >= 4 is 12.0 Å². The third-order valence-corrected chi connectivity index (χ3v) is 6.22. The minimum absolute atomic E-state index is 0.00454. The van der Waals surface area contributed by atoms with Gasteiger partial charge in [0.1, 0.15) is 6.61 Å². The molecule has 1 fully saturated rings. The Kier molecular flexibility index (Phi) is 7.40. The van der Waals surface area contributed by atoms with Crippen LogP contribution in [0.25, 0.3) is 0 Å². The van der Waals surface area contributed by atoms with Crippen LogP contribution in [0.2, 0.25) is 0 Å². The van der Waals surface area contributed by atoms with Crippen LogP contribution in [0.4, 0.5) is 4.79 Å². The fourth-order valence-electron chi connectivity index (χ4n) is 4.43. The second-order valence-electron chi connectivity index (χ2n) is 8.46. The van der Waals surface area contributed by atoms with Crippen molar-refractivity contribution in [1.29, 1.82) is 0 Å². The van der Waals surface area contributed by atoms with Gasteiger partial charge in [0.05, 0.1) is 12.0 Å². The molecular formula is C28H30N2O3. The Morgan fingerprint density at radius 3 is 2.09 bits per heavy atom. The summed E-state index contributed by atoms with van der Waals surface area (Å²) in [5, 5.41) is 2.96. The van der Waals surface area contributed by atoms with Crippen LogP contribution in [0.3, 0.4) is 0 Å². The first-order valence-electron chi connectivity index (χ1n) is 11.5. The van der Waals surface area contributed by atoms with Gasteiger partial charge in [0.15, 0.2) is 0 Å². The van der Waals surface area contributed by atoms with Gasteiger partial charge in [0.2, 0.25) is 5.91 Å². The van der Waals surface area contributed by atoms with E-state index < -0.39 is 6.09 Å². The Morgan fingerprint density at radius 2 is 1.48 bits per heavy atom. The number of amides is 2. The molecule has 0 bridgehead atoms. The minimum Gasteiger partial charge on any atom is -0.445 e. The number of rotatable bonds is 9. The third kappa shape index (κ3) is 5.61. The van der Waals surface area contributed by atoms with Gasteiger partial charge >= 0.3 is 6.09 Å². The highest BCUT2D eigenvalue weighted by molar-refractivity contribution is 5.86. The Morgan fingerprint density at radius 1 is 0.909 bits per heavy atom. The topological polar surface area (TPSA) is 58.6 Å². The molecule has 0 aliphatic carbocycles. The quantitative estimate of drug-likeness (QED) is 0.446. The summed E-state index contributed by atoms with van der Waals surface area (Å²) in [5.74, 6) is -0.0407. The number of hydrogen-bond donors (Lipinski definition) is 1. The molecule has 170 valence electrons. The fraction of sp³-hybridized carbons (Fsp3) is 0.286. The van der Waals surface area contributed by atoms with E-state index in [0.717, 1.165) is 23.1 Å². The average Bonchev–Trinajstić information content (AvgIpc) is 2.87. The van der Waals surface area contributed by atoms with Crippen LogP contribution >= 0.6 is 0 Å². The predicted molar refractivity (Wildman–Crippen MR) is 128 cm³/mol. The molecule has 5 nitrogen and oxygen atoms in total. The van der Waals surface area contributed by atoms with Crippen molar-refractivity contribution in [3.8, 4) is 0 Å². The fourth-order valence-corrected chi connectivity index (χ4v) is 4.43. The summed E-state index contributed by atoms with van der Waals surface area (Å²) in [7, 11) is 0. The number of carbonyl (C=O) groups excluding carboxylic acids is 2. The maximum absolute atomic E-state index is 13.2. The van der Waals surface area contributed by atoms with Gasteiger partial charge in [0, 0.05) is 12.6 Å². The zero-order valence-corrected chi connectivity index (χ0v) is 18.9. The summed E-state index contributed by atoms with van der Waals surface area (Å²) in [6.07, 6.45) is 0.861. The van der Waals surface area contributed by atoms with Crippen LogP contribution in [0.1, 0.15) is 42.5 Å². The Balaban J connectivity index is 1.41. The molecule has 1 heterocycles. The summed E-state index contributed by atoms with van der Waals surface area (Å²) < 4.78 is 5.39. The lowest BCUT2D eigenvalue weighted by Crippen LogP contribution is -2.56. The maximum Gasteiger partial charge on any atom is 0.407 e. The van der Waals surface area contributed by atoms with Crippen molar-refractivity contribution in [3.63, 3.8) is 0 Å². The molecule has 1 N–H and O–H groups in total. The first kappa shape index (κ1) is 22.6. The molecule has 4 rings (SSSR count). The predicted octanol–water partition coefficient (Wildman–Crippen LogP) is 5.48. The number of hydrogen-bond acceptors (Lipinski definition) is 3. The number of ether oxygens (including phenoxy) is 1. The van der Waals surface area contributed by atoms with Crippen LogP contribution in [0, 0.1) is 5.92 Å². The number of benzene rings is 3. The lowest BCUT2D eigenvalue weighted by atomic mass is 9.78. The smallest absolute Gasteiger partial charge is 0.407 e. The number of nitrogens with one attached hydrogen (secondary N) is 1. The van der Waals surface area contributed by atoms with Crippen molar-refractivity contribution in [2.75, 3.05) is 0 Å². The lowest BCUT2D eigenvalue weighted by molar-refractivity contribution is -0.159. The highest BCUT2D eigenvalue weighted by atomic mass is 16.5. The van der Waals surface area contributed by atoms with Gasteiger partial charge in [0.25, 0.3) is 0 Å². The first-order chi connectivity index (χ1) is 16.2. The van der Waals surface area contributed by atoms with Crippen molar-refractivity contribution in [2.45, 2.75) is 45.0 Å². The summed E-state index contributed by atoms with van der Waals surface area (Å²) in [5.41, 5.74) is 3.18. The molecule has 0 spiro atoms. The second-order valence-corrected chi connectivity index (χ2v) is 8.46. The normalized spacial score (nSPS) is 18.3. The number of alkyl carbamates (subject to hydrolysis) is 1. The summed E-state index contributed by atoms with van der Waals surface area (Å²) in [6.45, 7) is 2.83. The Labute approximate surface area is 195 Å². The molecule has 1 saturated heterocycles. The molecule has 33 heavy (non-hydrogen) atoms. The largest absolute Gasteiger partial charge is 0.445 e. The van der Waals surface area contributed by atoms with Crippen molar-refractivity contribution in [3.05, 3.63) is 108 Å². The molecule has 3 atom stereocenters. The van der Waals surface area contributed by atoms with Crippen molar-refractivity contribution in [2.24, 2.45) is 5.92 Å². The molecule has 1 aliphatic rings. The highest BCUT2D eigenvalue weighted by Crippen LogP contribution is 2.43. The molecule has 0 saturated carbocycles. The minimum atomic E-state index is -0.449. The SMILES string of the molecule is CC[C@@H](C[C@H]1C(=O)N(Cc2ccccc2)[C@H]1c1ccccc1)NC(=O)OCc1ccccc1. The van der Waals surface area contributed by atoms with Gasteiger partial charge in [-0.2, -0.15) is 0 Å². The van der Waals surface area contributed by atoms with Gasteiger partial charge in [-0.15, -0.1) is 0 Å². The van der Waals surface area contributed by atoms with Gasteiger partial charge in [-0.3, -0.25) is 4.79 Å². The molecule has 0 radical (unpaired) electrons. The van der Waals surface area contributed by atoms with Crippen molar-refractivity contribution in [1.82, 2.24) is 10.2 Å². The average molecular weight is 443 g/mol. The molecule has 0 aromatic heterocycles. The van der Waals surface area contributed by atoms with Gasteiger partial charge in [-0.1, -0.05) is 97.9 Å². The highest BCUT2D eigenvalue weighted by Gasteiger charge is 2.48. The molecule has 5 heteroatoms. The molecule has 3 aromatic carbocycles. The van der Waals surface area contributed by atoms with Crippen LogP contribution in [0.5, 0.6) is 0 Å².